The molecule has 0 aromatic heterocycles. The molecule has 58 valence electrons. The molecule has 2 unspecified atom stereocenters. The van der Waals surface area contributed by atoms with Crippen LogP contribution in [-0.2, 0) is 0 Å². The van der Waals surface area contributed by atoms with Crippen LogP contribution in [0.2, 0.25) is 0 Å². The van der Waals surface area contributed by atoms with Gasteiger partial charge >= 0.3 is 0 Å². The molecule has 0 aliphatic heterocycles. The molecule has 0 spiro atoms. The predicted octanol–water partition coefficient (Wildman–Crippen LogP) is 1.91. The molecule has 0 bridgehead atoms. The average molecular weight is 139 g/mol. The van der Waals surface area contributed by atoms with Crippen molar-refractivity contribution in [1.82, 2.24) is 0 Å². The first-order valence-electron chi connectivity index (χ1n) is 4.55. The molecule has 0 radical (unpaired) electrons. The Labute approximate surface area is 63.0 Å². The average Bonchev–Trinajstić information content (AvgIpc) is 2.41. The molecule has 1 nitrogen and oxygen atoms in total. The van der Waals surface area contributed by atoms with Gasteiger partial charge in [-0.15, -0.1) is 0 Å². The highest BCUT2D eigenvalue weighted by Gasteiger charge is 2.53. The molecule has 2 N–H and O–H groups in total. The highest BCUT2D eigenvalue weighted by Crippen LogP contribution is 2.54. The highest BCUT2D eigenvalue weighted by molar-refractivity contribution is 5.10. The Hall–Kier alpha value is -0.0400. The van der Waals surface area contributed by atoms with E-state index < -0.39 is 0 Å². The topological polar surface area (TPSA) is 26.0 Å². The molecule has 1 heteroatoms. The van der Waals surface area contributed by atoms with Crippen LogP contribution in [-0.4, -0.2) is 5.54 Å². The second-order valence-corrected chi connectivity index (χ2v) is 4.09. The molecule has 0 heterocycles. The van der Waals surface area contributed by atoms with Gasteiger partial charge in [-0.05, 0) is 24.7 Å². The Morgan fingerprint density at radius 2 is 2.20 bits per heavy atom. The van der Waals surface area contributed by atoms with E-state index in [1.165, 1.54) is 32.1 Å². The lowest BCUT2D eigenvalue weighted by Gasteiger charge is -2.27. The molecular formula is C9H17N. The van der Waals surface area contributed by atoms with E-state index in [-0.39, 0.29) is 5.54 Å². The minimum atomic E-state index is 0.283. The van der Waals surface area contributed by atoms with Crippen LogP contribution in [0.4, 0.5) is 0 Å². The summed E-state index contributed by atoms with van der Waals surface area (Å²) in [5, 5.41) is 0. The summed E-state index contributed by atoms with van der Waals surface area (Å²) >= 11 is 0. The largest absolute Gasteiger partial charge is 0.325 e. The standard InChI is InChI=1S/C9H17N/c1-2-9(10)6-8(9)7-4-3-5-7/h7-8H,2-6,10H2,1H3. The van der Waals surface area contributed by atoms with E-state index in [9.17, 15) is 0 Å². The van der Waals surface area contributed by atoms with E-state index >= 15 is 0 Å². The quantitative estimate of drug-likeness (QED) is 0.621. The van der Waals surface area contributed by atoms with Gasteiger partial charge in [-0.1, -0.05) is 26.2 Å². The summed E-state index contributed by atoms with van der Waals surface area (Å²) in [6.07, 6.45) is 6.89. The van der Waals surface area contributed by atoms with Crippen LogP contribution < -0.4 is 5.73 Å². The number of hydrogen-bond donors (Lipinski definition) is 1. The molecule has 2 atom stereocenters. The van der Waals surface area contributed by atoms with Crippen molar-refractivity contribution in [1.29, 1.82) is 0 Å². The van der Waals surface area contributed by atoms with Crippen LogP contribution in [0.3, 0.4) is 0 Å². The third-order valence-electron chi connectivity index (χ3n) is 3.56. The number of nitrogens with two attached hydrogens (primary N) is 1. The van der Waals surface area contributed by atoms with E-state index in [0.29, 0.717) is 0 Å². The molecular weight excluding hydrogens is 122 g/mol. The van der Waals surface area contributed by atoms with Crippen molar-refractivity contribution in [2.75, 3.05) is 0 Å². The smallest absolute Gasteiger partial charge is 0.0187 e. The molecule has 0 aromatic carbocycles. The zero-order chi connectivity index (χ0) is 7.19. The molecule has 2 rings (SSSR count). The van der Waals surface area contributed by atoms with Gasteiger partial charge in [0.05, 0.1) is 0 Å². The SMILES string of the molecule is CCC1(N)CC1C1CCC1. The molecule has 2 aliphatic rings. The minimum Gasteiger partial charge on any atom is -0.325 e. The summed E-state index contributed by atoms with van der Waals surface area (Å²) in [6, 6.07) is 0. The predicted molar refractivity (Wildman–Crippen MR) is 42.7 cm³/mol. The maximum absolute atomic E-state index is 6.10. The van der Waals surface area contributed by atoms with Crippen LogP contribution in [0.25, 0.3) is 0 Å². The first-order valence-corrected chi connectivity index (χ1v) is 4.55. The second-order valence-electron chi connectivity index (χ2n) is 4.09. The van der Waals surface area contributed by atoms with Gasteiger partial charge in [0.25, 0.3) is 0 Å². The molecule has 10 heavy (non-hydrogen) atoms. The first kappa shape index (κ1) is 6.66. The molecule has 0 amide bonds. The van der Waals surface area contributed by atoms with E-state index in [0.717, 1.165) is 11.8 Å². The lowest BCUT2D eigenvalue weighted by atomic mass is 9.80. The third-order valence-corrected chi connectivity index (χ3v) is 3.56. The summed E-state index contributed by atoms with van der Waals surface area (Å²) in [5.74, 6) is 1.93. The Balaban J connectivity index is 1.87. The van der Waals surface area contributed by atoms with Gasteiger partial charge < -0.3 is 5.73 Å². The maximum Gasteiger partial charge on any atom is 0.0187 e. The van der Waals surface area contributed by atoms with Gasteiger partial charge in [0, 0.05) is 5.54 Å². The molecule has 2 saturated carbocycles. The Morgan fingerprint density at radius 3 is 2.50 bits per heavy atom. The van der Waals surface area contributed by atoms with Crippen molar-refractivity contribution in [2.24, 2.45) is 17.6 Å². The van der Waals surface area contributed by atoms with Crippen LogP contribution in [0.1, 0.15) is 39.0 Å². The molecule has 0 aromatic rings. The van der Waals surface area contributed by atoms with Gasteiger partial charge in [-0.25, -0.2) is 0 Å². The van der Waals surface area contributed by atoms with Gasteiger partial charge in [0.15, 0.2) is 0 Å². The van der Waals surface area contributed by atoms with E-state index in [1.54, 1.807) is 0 Å². The van der Waals surface area contributed by atoms with Crippen molar-refractivity contribution >= 4 is 0 Å². The van der Waals surface area contributed by atoms with Gasteiger partial charge in [0.1, 0.15) is 0 Å². The van der Waals surface area contributed by atoms with Gasteiger partial charge in [0.2, 0.25) is 0 Å². The maximum atomic E-state index is 6.10. The number of rotatable bonds is 2. The van der Waals surface area contributed by atoms with E-state index in [4.69, 9.17) is 5.73 Å². The van der Waals surface area contributed by atoms with Crippen LogP contribution >= 0.6 is 0 Å². The van der Waals surface area contributed by atoms with E-state index in [1.807, 2.05) is 0 Å². The summed E-state index contributed by atoms with van der Waals surface area (Å²) in [4.78, 5) is 0. The van der Waals surface area contributed by atoms with Crippen LogP contribution in [0.15, 0.2) is 0 Å². The fourth-order valence-electron chi connectivity index (χ4n) is 2.24. The highest BCUT2D eigenvalue weighted by atomic mass is 14.9. The second kappa shape index (κ2) is 1.97. The lowest BCUT2D eigenvalue weighted by Crippen LogP contribution is -2.28. The summed E-state index contributed by atoms with van der Waals surface area (Å²) in [5.41, 5.74) is 6.38. The molecule has 2 aliphatic carbocycles. The van der Waals surface area contributed by atoms with Crippen molar-refractivity contribution < 1.29 is 0 Å². The van der Waals surface area contributed by atoms with Crippen molar-refractivity contribution in [3.63, 3.8) is 0 Å². The lowest BCUT2D eigenvalue weighted by molar-refractivity contribution is 0.256. The monoisotopic (exact) mass is 139 g/mol. The van der Waals surface area contributed by atoms with Crippen LogP contribution in [0.5, 0.6) is 0 Å². The summed E-state index contributed by atoms with van der Waals surface area (Å²) in [7, 11) is 0. The normalized spacial score (nSPS) is 46.8. The van der Waals surface area contributed by atoms with Crippen LogP contribution in [0, 0.1) is 11.8 Å². The first-order chi connectivity index (χ1) is 4.76. The zero-order valence-corrected chi connectivity index (χ0v) is 6.77. The zero-order valence-electron chi connectivity index (χ0n) is 6.77. The minimum absolute atomic E-state index is 0.283. The fraction of sp³-hybridized carbons (Fsp3) is 1.00. The van der Waals surface area contributed by atoms with Gasteiger partial charge in [-0.2, -0.15) is 0 Å². The number of hydrogen-bond acceptors (Lipinski definition) is 1. The Morgan fingerprint density at radius 1 is 1.50 bits per heavy atom. The Bertz CT molecular complexity index is 140. The van der Waals surface area contributed by atoms with E-state index in [2.05, 4.69) is 6.92 Å². The Kier molecular flexibility index (Phi) is 1.31. The molecule has 0 saturated heterocycles. The fourth-order valence-corrected chi connectivity index (χ4v) is 2.24. The molecule has 2 fully saturated rings. The third kappa shape index (κ3) is 0.800. The van der Waals surface area contributed by atoms with Crippen molar-refractivity contribution in [2.45, 2.75) is 44.6 Å². The van der Waals surface area contributed by atoms with Crippen molar-refractivity contribution in [3.8, 4) is 0 Å². The summed E-state index contributed by atoms with van der Waals surface area (Å²) in [6.45, 7) is 2.22. The summed E-state index contributed by atoms with van der Waals surface area (Å²) < 4.78 is 0. The van der Waals surface area contributed by atoms with Gasteiger partial charge in [-0.3, -0.25) is 0 Å². The van der Waals surface area contributed by atoms with Crippen molar-refractivity contribution in [3.05, 3.63) is 0 Å².